The Morgan fingerprint density at radius 3 is 2.76 bits per heavy atom. The van der Waals surface area contributed by atoms with Crippen LogP contribution in [-0.4, -0.2) is 12.3 Å². The van der Waals surface area contributed by atoms with Crippen LogP contribution in [0, 0.1) is 5.92 Å². The second-order valence-corrected chi connectivity index (χ2v) is 6.19. The molecule has 1 fully saturated rings. The number of thioether (sulfide) groups is 1. The zero-order valence-electron chi connectivity index (χ0n) is 10.1. The summed E-state index contributed by atoms with van der Waals surface area (Å²) in [4.78, 5) is 1.33. The first-order chi connectivity index (χ1) is 8.31. The van der Waals surface area contributed by atoms with Crippen molar-refractivity contribution in [3.05, 3.63) is 28.8 Å². The van der Waals surface area contributed by atoms with Gasteiger partial charge in [-0.05, 0) is 49.4 Å². The molecule has 2 N–H and O–H groups in total. The van der Waals surface area contributed by atoms with Crippen LogP contribution in [0.4, 0.5) is 0 Å². The maximum Gasteiger partial charge on any atom is 0.0449 e. The van der Waals surface area contributed by atoms with Gasteiger partial charge in [0.1, 0.15) is 0 Å². The van der Waals surface area contributed by atoms with Crippen LogP contribution in [0.5, 0.6) is 0 Å². The first-order valence-electron chi connectivity index (χ1n) is 6.41. The van der Waals surface area contributed by atoms with Crippen molar-refractivity contribution < 1.29 is 0 Å². The van der Waals surface area contributed by atoms with E-state index < -0.39 is 0 Å². The van der Waals surface area contributed by atoms with E-state index in [0.717, 1.165) is 17.4 Å². The third kappa shape index (κ3) is 3.64. The second kappa shape index (κ2) is 6.67. The minimum absolute atomic E-state index is 0.667. The van der Waals surface area contributed by atoms with E-state index >= 15 is 0 Å². The maximum atomic E-state index is 6.23. The van der Waals surface area contributed by atoms with E-state index in [1.54, 1.807) is 0 Å². The minimum atomic E-state index is 0.667. The average Bonchev–Trinajstić information content (AvgIpc) is 2.83. The first kappa shape index (κ1) is 13.3. The van der Waals surface area contributed by atoms with Crippen LogP contribution in [0.15, 0.2) is 23.1 Å². The van der Waals surface area contributed by atoms with E-state index in [0.29, 0.717) is 6.54 Å². The number of nitrogens with two attached hydrogens (primary N) is 1. The van der Waals surface area contributed by atoms with Crippen LogP contribution < -0.4 is 5.73 Å². The highest BCUT2D eigenvalue weighted by molar-refractivity contribution is 7.99. The third-order valence-electron chi connectivity index (χ3n) is 3.42. The predicted molar refractivity (Wildman–Crippen MR) is 76.9 cm³/mol. The Morgan fingerprint density at radius 1 is 1.29 bits per heavy atom. The lowest BCUT2D eigenvalue weighted by atomic mass is 10.1. The Bertz CT molecular complexity index is 361. The van der Waals surface area contributed by atoms with Crippen LogP contribution in [0.25, 0.3) is 0 Å². The molecular weight excluding hydrogens is 250 g/mol. The fraction of sp³-hybridized carbons (Fsp3) is 0.571. The van der Waals surface area contributed by atoms with E-state index in [4.69, 9.17) is 17.3 Å². The van der Waals surface area contributed by atoms with Crippen LogP contribution >= 0.6 is 23.4 Å². The highest BCUT2D eigenvalue weighted by Crippen LogP contribution is 2.34. The van der Waals surface area contributed by atoms with Gasteiger partial charge in [-0.2, -0.15) is 0 Å². The molecule has 2 rings (SSSR count). The van der Waals surface area contributed by atoms with Gasteiger partial charge in [-0.3, -0.25) is 0 Å². The molecule has 0 atom stereocenters. The molecule has 17 heavy (non-hydrogen) atoms. The summed E-state index contributed by atoms with van der Waals surface area (Å²) >= 11 is 8.19. The molecule has 0 unspecified atom stereocenters. The quantitative estimate of drug-likeness (QED) is 0.814. The van der Waals surface area contributed by atoms with Gasteiger partial charge in [0.15, 0.2) is 0 Å². The lowest BCUT2D eigenvalue weighted by Gasteiger charge is -2.13. The Labute approximate surface area is 113 Å². The molecule has 0 heterocycles. The topological polar surface area (TPSA) is 26.0 Å². The number of hydrogen-bond acceptors (Lipinski definition) is 2. The summed E-state index contributed by atoms with van der Waals surface area (Å²) in [6.07, 6.45) is 6.51. The summed E-state index contributed by atoms with van der Waals surface area (Å²) in [7, 11) is 0. The van der Waals surface area contributed by atoms with Crippen LogP contribution in [0.2, 0.25) is 5.02 Å². The zero-order valence-corrected chi connectivity index (χ0v) is 11.7. The number of benzene rings is 1. The fourth-order valence-corrected chi connectivity index (χ4v) is 4.08. The highest BCUT2D eigenvalue weighted by Gasteiger charge is 2.16. The van der Waals surface area contributed by atoms with Gasteiger partial charge in [0.2, 0.25) is 0 Å². The molecule has 1 aliphatic rings. The normalized spacial score (nSPS) is 16.6. The van der Waals surface area contributed by atoms with E-state index in [1.165, 1.54) is 41.9 Å². The molecule has 0 saturated heterocycles. The third-order valence-corrected chi connectivity index (χ3v) is 5.11. The molecule has 3 heteroatoms. The lowest BCUT2D eigenvalue weighted by molar-refractivity contribution is 0.623. The number of rotatable bonds is 5. The number of hydrogen-bond donors (Lipinski definition) is 1. The van der Waals surface area contributed by atoms with Gasteiger partial charge in [0.25, 0.3) is 0 Å². The summed E-state index contributed by atoms with van der Waals surface area (Å²) in [6, 6.07) is 6.18. The average molecular weight is 270 g/mol. The monoisotopic (exact) mass is 269 g/mol. The van der Waals surface area contributed by atoms with E-state index in [9.17, 15) is 0 Å². The van der Waals surface area contributed by atoms with Gasteiger partial charge in [0, 0.05) is 15.7 Å². The largest absolute Gasteiger partial charge is 0.330 e. The van der Waals surface area contributed by atoms with Crippen molar-refractivity contribution in [1.29, 1.82) is 0 Å². The molecule has 0 aromatic heterocycles. The molecular formula is C14H20ClNS. The number of halogens is 1. The van der Waals surface area contributed by atoms with Gasteiger partial charge in [-0.15, -0.1) is 11.8 Å². The van der Waals surface area contributed by atoms with Gasteiger partial charge >= 0.3 is 0 Å². The molecule has 1 aromatic carbocycles. The van der Waals surface area contributed by atoms with Crippen LogP contribution in [0.3, 0.4) is 0 Å². The lowest BCUT2D eigenvalue weighted by Crippen LogP contribution is -2.05. The van der Waals surface area contributed by atoms with Gasteiger partial charge in [-0.25, -0.2) is 0 Å². The molecule has 0 radical (unpaired) electrons. The van der Waals surface area contributed by atoms with Gasteiger partial charge in [-0.1, -0.05) is 30.5 Å². The Kier molecular flexibility index (Phi) is 5.20. The second-order valence-electron chi connectivity index (χ2n) is 4.72. The van der Waals surface area contributed by atoms with Crippen LogP contribution in [0.1, 0.15) is 31.2 Å². The molecule has 1 nitrogen and oxygen atoms in total. The van der Waals surface area contributed by atoms with Crippen molar-refractivity contribution in [2.24, 2.45) is 11.7 Å². The summed E-state index contributed by atoms with van der Waals surface area (Å²) in [6.45, 7) is 0.667. The van der Waals surface area contributed by atoms with E-state index in [2.05, 4.69) is 6.07 Å². The molecule has 0 bridgehead atoms. The maximum absolute atomic E-state index is 6.23. The van der Waals surface area contributed by atoms with Crippen molar-refractivity contribution in [3.63, 3.8) is 0 Å². The van der Waals surface area contributed by atoms with Crippen molar-refractivity contribution >= 4 is 23.4 Å². The zero-order chi connectivity index (χ0) is 12.1. The minimum Gasteiger partial charge on any atom is -0.330 e. The van der Waals surface area contributed by atoms with Gasteiger partial charge < -0.3 is 5.73 Å². The molecule has 0 amide bonds. The summed E-state index contributed by atoms with van der Waals surface area (Å²) in [5, 5.41) is 0.867. The molecule has 1 aliphatic carbocycles. The Morgan fingerprint density at radius 2 is 2.06 bits per heavy atom. The Hall–Kier alpha value is -0.180. The SMILES string of the molecule is NCCc1c(Cl)cccc1SCC1CCCC1. The summed E-state index contributed by atoms with van der Waals surface area (Å²) in [5.41, 5.74) is 6.88. The van der Waals surface area contributed by atoms with Crippen molar-refractivity contribution in [2.75, 3.05) is 12.3 Å². The fourth-order valence-electron chi connectivity index (χ4n) is 2.45. The molecule has 1 aromatic rings. The molecule has 0 spiro atoms. The highest BCUT2D eigenvalue weighted by atomic mass is 35.5. The van der Waals surface area contributed by atoms with E-state index in [1.807, 2.05) is 23.9 Å². The summed E-state index contributed by atoms with van der Waals surface area (Å²) in [5.74, 6) is 2.14. The standard InChI is InChI=1S/C14H20ClNS/c15-13-6-3-7-14(12(13)8-9-16)17-10-11-4-1-2-5-11/h3,6-7,11H,1-2,4-5,8-10,16H2. The van der Waals surface area contributed by atoms with Crippen LogP contribution in [-0.2, 0) is 6.42 Å². The van der Waals surface area contributed by atoms with E-state index in [-0.39, 0.29) is 0 Å². The van der Waals surface area contributed by atoms with Crippen molar-refractivity contribution in [2.45, 2.75) is 37.0 Å². The molecule has 94 valence electrons. The van der Waals surface area contributed by atoms with Gasteiger partial charge in [0.05, 0.1) is 0 Å². The Balaban J connectivity index is 2.00. The van der Waals surface area contributed by atoms with Crippen molar-refractivity contribution in [3.8, 4) is 0 Å². The molecule has 1 saturated carbocycles. The molecule has 0 aliphatic heterocycles. The van der Waals surface area contributed by atoms with Crippen molar-refractivity contribution in [1.82, 2.24) is 0 Å². The first-order valence-corrected chi connectivity index (χ1v) is 7.78. The predicted octanol–water partition coefficient (Wildman–Crippen LogP) is 4.12. The smallest absolute Gasteiger partial charge is 0.0449 e. The summed E-state index contributed by atoms with van der Waals surface area (Å²) < 4.78 is 0.